The van der Waals surface area contributed by atoms with Gasteiger partial charge in [-0.05, 0) is 55.3 Å². The molecule has 184 valence electrons. The molecule has 7 atom stereocenters. The average molecular weight is 501 g/mol. The Bertz CT molecular complexity index is 825. The molecule has 0 bridgehead atoms. The second-order valence-corrected chi connectivity index (χ2v) is 11.9. The number of fused-ring (bicyclic) bond motifs is 5. The van der Waals surface area contributed by atoms with Crippen molar-refractivity contribution >= 4 is 43.9 Å². The Morgan fingerprint density at radius 2 is 1.88 bits per heavy atom. The summed E-state index contributed by atoms with van der Waals surface area (Å²) in [4.78, 5) is 13.5. The third kappa shape index (κ3) is 4.81. The summed E-state index contributed by atoms with van der Waals surface area (Å²) in [5, 5.41) is 0. The average Bonchev–Trinajstić information content (AvgIpc) is 3.14. The van der Waals surface area contributed by atoms with Gasteiger partial charge in [0.05, 0.1) is 25.2 Å². The summed E-state index contributed by atoms with van der Waals surface area (Å²) in [6, 6.07) is 0. The largest absolute Gasteiger partial charge is 0.381 e. The molecule has 3 saturated carbocycles. The fraction of sp³-hybridized carbons (Fsp3) is 0.800. The van der Waals surface area contributed by atoms with Crippen LogP contribution in [0.5, 0.6) is 0 Å². The van der Waals surface area contributed by atoms with Crippen LogP contribution in [0.1, 0.15) is 58.8 Å². The number of hydrogen-bond donors (Lipinski definition) is 0. The van der Waals surface area contributed by atoms with E-state index < -0.39 is 0 Å². The topological polar surface area (TPSA) is 48.0 Å². The van der Waals surface area contributed by atoms with Crippen LogP contribution >= 0.6 is 23.8 Å². The molecule has 4 rings (SSSR count). The predicted octanol–water partition coefficient (Wildman–Crippen LogP) is 4.82. The van der Waals surface area contributed by atoms with Gasteiger partial charge in [0, 0.05) is 32.5 Å². The Labute approximate surface area is 216 Å². The molecular formula is C25H37B2NO4S2. The fourth-order valence-electron chi connectivity index (χ4n) is 7.35. The monoisotopic (exact) mass is 501 g/mol. The van der Waals surface area contributed by atoms with E-state index >= 15 is 0 Å². The highest BCUT2D eigenvalue weighted by molar-refractivity contribution is 8.16. The van der Waals surface area contributed by atoms with Crippen molar-refractivity contribution in [3.05, 3.63) is 23.3 Å². The van der Waals surface area contributed by atoms with Crippen LogP contribution in [-0.4, -0.2) is 64.6 Å². The van der Waals surface area contributed by atoms with Crippen molar-refractivity contribution in [3.63, 3.8) is 0 Å². The Morgan fingerprint density at radius 3 is 2.59 bits per heavy atom. The molecule has 34 heavy (non-hydrogen) atoms. The van der Waals surface area contributed by atoms with Gasteiger partial charge in [0.2, 0.25) is 20.2 Å². The molecule has 3 fully saturated rings. The zero-order valence-electron chi connectivity index (χ0n) is 21.0. The second-order valence-electron chi connectivity index (χ2n) is 11.1. The molecule has 7 unspecified atom stereocenters. The molecule has 0 saturated heterocycles. The van der Waals surface area contributed by atoms with E-state index in [2.05, 4.69) is 26.0 Å². The number of nitrogens with zero attached hydrogens (tertiary/aromatic N) is 1. The van der Waals surface area contributed by atoms with E-state index in [1.165, 1.54) is 24.8 Å². The normalized spacial score (nSPS) is 38.9. The van der Waals surface area contributed by atoms with Crippen molar-refractivity contribution in [2.45, 2.75) is 71.0 Å². The molecule has 0 aromatic rings. The molecule has 0 N–H and O–H groups in total. The number of hydrogen-bond acceptors (Lipinski definition) is 6. The van der Waals surface area contributed by atoms with Crippen LogP contribution in [-0.2, 0) is 17.9 Å². The van der Waals surface area contributed by atoms with E-state index in [1.807, 2.05) is 0 Å². The molecule has 0 aliphatic heterocycles. The van der Waals surface area contributed by atoms with Crippen LogP contribution in [0.4, 0.5) is 0 Å². The van der Waals surface area contributed by atoms with Crippen molar-refractivity contribution in [1.82, 2.24) is 4.90 Å². The number of carbonyl (C=O) groups excluding carboxylic acids is 1. The van der Waals surface area contributed by atoms with E-state index in [4.69, 9.17) is 27.4 Å². The quantitative estimate of drug-likeness (QED) is 0.257. The Morgan fingerprint density at radius 1 is 1.12 bits per heavy atom. The molecule has 4 radical (unpaired) electrons. The summed E-state index contributed by atoms with van der Waals surface area (Å²) >= 11 is 1.92. The van der Waals surface area contributed by atoms with Crippen molar-refractivity contribution in [1.29, 1.82) is 0 Å². The molecule has 5 nitrogen and oxygen atoms in total. The third-order valence-electron chi connectivity index (χ3n) is 9.44. The Balaban J connectivity index is 1.49. The molecule has 1 amide bonds. The first kappa shape index (κ1) is 26.7. The molecule has 0 heterocycles. The Hall–Kier alpha value is -0.340. The highest BCUT2D eigenvalue weighted by atomic mass is 32.2. The number of carbonyl (C=O) groups is 1. The van der Waals surface area contributed by atoms with Crippen molar-refractivity contribution in [2.75, 3.05) is 27.3 Å². The van der Waals surface area contributed by atoms with Crippen LogP contribution in [0.25, 0.3) is 0 Å². The number of amides is 1. The summed E-state index contributed by atoms with van der Waals surface area (Å²) in [6.07, 6.45) is 11.6. The van der Waals surface area contributed by atoms with Gasteiger partial charge in [0.1, 0.15) is 0 Å². The van der Waals surface area contributed by atoms with E-state index in [0.29, 0.717) is 30.8 Å². The van der Waals surface area contributed by atoms with Gasteiger partial charge in [0.15, 0.2) is 0 Å². The van der Waals surface area contributed by atoms with Gasteiger partial charge in [0.25, 0.3) is 0 Å². The van der Waals surface area contributed by atoms with Gasteiger partial charge in [-0.2, -0.15) is 0 Å². The SMILES string of the molecule is [B]SOC1CC2=CC=C3C4CCC(COCCC(=O)N(C)C)C4(C)CCC3C2(C)C(OS[B])C1. The molecule has 0 aromatic heterocycles. The summed E-state index contributed by atoms with van der Waals surface area (Å²) in [5.74, 6) is 1.69. The van der Waals surface area contributed by atoms with Crippen molar-refractivity contribution in [2.24, 2.45) is 28.6 Å². The lowest BCUT2D eigenvalue weighted by Crippen LogP contribution is -2.53. The first-order chi connectivity index (χ1) is 16.3. The second kappa shape index (κ2) is 11.0. The number of ether oxygens (including phenoxy) is 1. The van der Waals surface area contributed by atoms with Gasteiger partial charge in [-0.1, -0.05) is 60.9 Å². The Kier molecular flexibility index (Phi) is 8.61. The van der Waals surface area contributed by atoms with E-state index in [9.17, 15) is 4.79 Å². The maximum atomic E-state index is 11.9. The predicted molar refractivity (Wildman–Crippen MR) is 141 cm³/mol. The maximum absolute atomic E-state index is 11.9. The van der Waals surface area contributed by atoms with E-state index in [-0.39, 0.29) is 28.9 Å². The maximum Gasteiger partial charge on any atom is 0.224 e. The molecule has 4 aliphatic carbocycles. The highest BCUT2D eigenvalue weighted by Gasteiger charge is 2.59. The first-order valence-electron chi connectivity index (χ1n) is 12.5. The van der Waals surface area contributed by atoms with Crippen molar-refractivity contribution < 1.29 is 17.9 Å². The van der Waals surface area contributed by atoms with Crippen LogP contribution in [0.15, 0.2) is 23.3 Å². The summed E-state index contributed by atoms with van der Waals surface area (Å²) in [7, 11) is 15.0. The molecule has 9 heteroatoms. The van der Waals surface area contributed by atoms with E-state index in [1.54, 1.807) is 24.6 Å². The summed E-state index contributed by atoms with van der Waals surface area (Å²) < 4.78 is 17.9. The molecular weight excluding hydrogens is 464 g/mol. The lowest BCUT2D eigenvalue weighted by atomic mass is 9.50. The number of allylic oxidation sites excluding steroid dienone is 3. The van der Waals surface area contributed by atoms with Crippen LogP contribution in [0.2, 0.25) is 0 Å². The highest BCUT2D eigenvalue weighted by Crippen LogP contribution is 2.65. The van der Waals surface area contributed by atoms with E-state index in [0.717, 1.165) is 49.7 Å². The molecule has 4 aliphatic rings. The minimum absolute atomic E-state index is 0.00697. The standard InChI is InChI=1S/C25H37B2NO4S2/c1-24-11-9-21-19(20(24)8-6-17(24)15-30-12-10-23(29)28(3)4)7-5-16-13-18(31-33-26)14-22(32-34-27)25(16,21)2/h5,7,17-18,20-22H,6,8-15H2,1-4H3. The fourth-order valence-corrected chi connectivity index (χ4v) is 8.07. The smallest absolute Gasteiger partial charge is 0.224 e. The first-order valence-corrected chi connectivity index (χ1v) is 14.1. The van der Waals surface area contributed by atoms with Crippen LogP contribution < -0.4 is 0 Å². The van der Waals surface area contributed by atoms with Gasteiger partial charge in [-0.15, -0.1) is 0 Å². The lowest BCUT2D eigenvalue weighted by molar-refractivity contribution is -0.130. The molecule has 0 spiro atoms. The molecule has 0 aromatic carbocycles. The van der Waals surface area contributed by atoms with Gasteiger partial charge >= 0.3 is 0 Å². The van der Waals surface area contributed by atoms with Gasteiger partial charge < -0.3 is 18.0 Å². The minimum Gasteiger partial charge on any atom is -0.381 e. The number of rotatable bonds is 9. The zero-order chi connectivity index (χ0) is 24.5. The summed E-state index contributed by atoms with van der Waals surface area (Å²) in [5.41, 5.74) is 3.16. The van der Waals surface area contributed by atoms with Gasteiger partial charge in [-0.3, -0.25) is 4.79 Å². The van der Waals surface area contributed by atoms with Gasteiger partial charge in [-0.25, -0.2) is 0 Å². The summed E-state index contributed by atoms with van der Waals surface area (Å²) in [6.45, 7) is 6.09. The lowest BCUT2D eigenvalue weighted by Gasteiger charge is -2.57. The third-order valence-corrected chi connectivity index (χ3v) is 10.2. The minimum atomic E-state index is -0.0714. The zero-order valence-corrected chi connectivity index (χ0v) is 22.6. The van der Waals surface area contributed by atoms with Crippen molar-refractivity contribution in [3.8, 4) is 0 Å². The van der Waals surface area contributed by atoms with Crippen LogP contribution in [0.3, 0.4) is 0 Å². The van der Waals surface area contributed by atoms with Crippen LogP contribution in [0, 0.1) is 28.6 Å².